The molecule has 1 aliphatic rings. The molecule has 70 valence electrons. The number of hydrogen-bond donors (Lipinski definition) is 1. The maximum absolute atomic E-state index is 10.8. The van der Waals surface area contributed by atoms with Gasteiger partial charge in [0.25, 0.3) is 0 Å². The third-order valence-electron chi connectivity index (χ3n) is 1.34. The van der Waals surface area contributed by atoms with E-state index in [-0.39, 0.29) is 5.92 Å². The van der Waals surface area contributed by atoms with Crippen molar-refractivity contribution in [3.8, 4) is 0 Å². The summed E-state index contributed by atoms with van der Waals surface area (Å²) in [6, 6.07) is 0. The van der Waals surface area contributed by atoms with Gasteiger partial charge in [-0.1, -0.05) is 0 Å². The highest BCUT2D eigenvalue weighted by atomic mass is 32.2. The van der Waals surface area contributed by atoms with Crippen molar-refractivity contribution in [3.63, 3.8) is 0 Å². The molecule has 1 rings (SSSR count). The van der Waals surface area contributed by atoms with Crippen molar-refractivity contribution in [1.82, 2.24) is 0 Å². The molecule has 0 saturated carbocycles. The van der Waals surface area contributed by atoms with Crippen molar-refractivity contribution in [2.75, 3.05) is 19.2 Å². The summed E-state index contributed by atoms with van der Waals surface area (Å²) in [4.78, 5) is 10.8. The van der Waals surface area contributed by atoms with E-state index in [4.69, 9.17) is 4.74 Å². The van der Waals surface area contributed by atoms with Crippen LogP contribution in [0.3, 0.4) is 0 Å². The van der Waals surface area contributed by atoms with E-state index < -0.39 is 21.9 Å². The van der Waals surface area contributed by atoms with E-state index in [2.05, 4.69) is 9.88 Å². The quantitative estimate of drug-likeness (QED) is 0.548. The van der Waals surface area contributed by atoms with Crippen molar-refractivity contribution in [2.45, 2.75) is 0 Å². The molecule has 2 N–H and O–H groups in total. The first kappa shape index (κ1) is 9.43. The van der Waals surface area contributed by atoms with Gasteiger partial charge in [-0.3, -0.25) is 4.79 Å². The molecule has 12 heavy (non-hydrogen) atoms. The number of sulfonamides is 1. The first-order valence-electron chi connectivity index (χ1n) is 3.24. The van der Waals surface area contributed by atoms with Gasteiger partial charge in [-0.15, -0.1) is 0 Å². The summed E-state index contributed by atoms with van der Waals surface area (Å²) in [7, 11) is -3.72. The first-order chi connectivity index (χ1) is 5.49. The van der Waals surface area contributed by atoms with Crippen LogP contribution < -0.4 is 5.14 Å². The van der Waals surface area contributed by atoms with Crippen molar-refractivity contribution in [3.05, 3.63) is 0 Å². The zero-order valence-electron chi connectivity index (χ0n) is 6.23. The van der Waals surface area contributed by atoms with Gasteiger partial charge >= 0.3 is 5.97 Å². The van der Waals surface area contributed by atoms with E-state index in [0.29, 0.717) is 13.2 Å². The zero-order chi connectivity index (χ0) is 9.19. The normalized spacial score (nSPS) is 18.4. The summed E-state index contributed by atoms with van der Waals surface area (Å²) >= 11 is 0. The van der Waals surface area contributed by atoms with Crippen LogP contribution >= 0.6 is 0 Å². The molecule has 1 saturated heterocycles. The van der Waals surface area contributed by atoms with Crippen LogP contribution in [0.1, 0.15) is 0 Å². The molecule has 1 aliphatic heterocycles. The predicted octanol–water partition coefficient (Wildman–Crippen LogP) is -1.58. The van der Waals surface area contributed by atoms with Crippen LogP contribution in [0.5, 0.6) is 0 Å². The second kappa shape index (κ2) is 3.38. The SMILES string of the molecule is NS(=O)(=O)COC(=O)C1COC1. The van der Waals surface area contributed by atoms with Gasteiger partial charge in [-0.2, -0.15) is 0 Å². The smallest absolute Gasteiger partial charge is 0.314 e. The average Bonchev–Trinajstić information content (AvgIpc) is 1.78. The fraction of sp³-hybridized carbons (Fsp3) is 0.800. The molecule has 0 aromatic heterocycles. The lowest BCUT2D eigenvalue weighted by molar-refractivity contribution is -0.161. The Labute approximate surface area is 69.7 Å². The summed E-state index contributed by atoms with van der Waals surface area (Å²) in [6.07, 6.45) is 0. The summed E-state index contributed by atoms with van der Waals surface area (Å²) < 4.78 is 29.8. The lowest BCUT2D eigenvalue weighted by Crippen LogP contribution is -2.37. The van der Waals surface area contributed by atoms with Crippen LogP contribution in [0.15, 0.2) is 0 Å². The molecular weight excluding hydrogens is 186 g/mol. The topological polar surface area (TPSA) is 95.7 Å². The summed E-state index contributed by atoms with van der Waals surface area (Å²) in [6.45, 7) is 0.590. The maximum atomic E-state index is 10.8. The fourth-order valence-electron chi connectivity index (χ4n) is 0.630. The highest BCUT2D eigenvalue weighted by Gasteiger charge is 2.28. The van der Waals surface area contributed by atoms with Crippen LogP contribution in [-0.4, -0.2) is 33.5 Å². The van der Waals surface area contributed by atoms with E-state index in [9.17, 15) is 13.2 Å². The highest BCUT2D eigenvalue weighted by Crippen LogP contribution is 2.11. The summed E-state index contributed by atoms with van der Waals surface area (Å²) in [5.74, 6) is -1.66. The van der Waals surface area contributed by atoms with E-state index in [1.807, 2.05) is 0 Å². The van der Waals surface area contributed by atoms with Crippen molar-refractivity contribution >= 4 is 16.0 Å². The van der Waals surface area contributed by atoms with Gasteiger partial charge < -0.3 is 9.47 Å². The van der Waals surface area contributed by atoms with E-state index in [1.54, 1.807) is 0 Å². The lowest BCUT2D eigenvalue weighted by atomic mass is 10.1. The molecule has 0 amide bonds. The van der Waals surface area contributed by atoms with Crippen LogP contribution in [-0.2, 0) is 24.3 Å². The number of carbonyl (C=O) groups excluding carboxylic acids is 1. The third-order valence-corrected chi connectivity index (χ3v) is 1.78. The minimum Gasteiger partial charge on any atom is -0.447 e. The van der Waals surface area contributed by atoms with Crippen LogP contribution in [0.4, 0.5) is 0 Å². The Morgan fingerprint density at radius 3 is 2.50 bits per heavy atom. The Kier molecular flexibility index (Phi) is 2.65. The molecule has 0 atom stereocenters. The van der Waals surface area contributed by atoms with Gasteiger partial charge in [0.05, 0.1) is 13.2 Å². The number of carbonyl (C=O) groups is 1. The van der Waals surface area contributed by atoms with Gasteiger partial charge in [-0.25, -0.2) is 13.6 Å². The summed E-state index contributed by atoms with van der Waals surface area (Å²) in [5.41, 5.74) is 0. The lowest BCUT2D eigenvalue weighted by Gasteiger charge is -2.23. The largest absolute Gasteiger partial charge is 0.447 e. The Balaban J connectivity index is 2.27. The van der Waals surface area contributed by atoms with Crippen molar-refractivity contribution < 1.29 is 22.7 Å². The van der Waals surface area contributed by atoms with Crippen LogP contribution in [0, 0.1) is 5.92 Å². The minimum atomic E-state index is -3.72. The Hall–Kier alpha value is -0.660. The van der Waals surface area contributed by atoms with Crippen LogP contribution in [0.2, 0.25) is 0 Å². The minimum absolute atomic E-state index is 0.295. The second-order valence-corrected chi connectivity index (χ2v) is 4.04. The molecule has 0 aromatic rings. The molecule has 0 aromatic carbocycles. The number of rotatable bonds is 3. The van der Waals surface area contributed by atoms with Crippen molar-refractivity contribution in [2.24, 2.45) is 11.1 Å². The van der Waals surface area contributed by atoms with Crippen LogP contribution in [0.25, 0.3) is 0 Å². The van der Waals surface area contributed by atoms with Gasteiger partial charge in [0, 0.05) is 0 Å². The standard InChI is InChI=1S/C5H9NO5S/c6-12(8,9)3-11-5(7)4-1-10-2-4/h4H,1-3H2,(H2,6,8,9). The average molecular weight is 195 g/mol. The summed E-state index contributed by atoms with van der Waals surface area (Å²) in [5, 5.41) is 4.61. The number of primary sulfonamides is 1. The Morgan fingerprint density at radius 1 is 1.58 bits per heavy atom. The number of ether oxygens (including phenoxy) is 2. The van der Waals surface area contributed by atoms with Gasteiger partial charge in [0.1, 0.15) is 5.92 Å². The van der Waals surface area contributed by atoms with Gasteiger partial charge in [0.15, 0.2) is 0 Å². The number of nitrogens with two attached hydrogens (primary N) is 1. The molecule has 1 heterocycles. The highest BCUT2D eigenvalue weighted by molar-refractivity contribution is 7.88. The molecule has 7 heteroatoms. The fourth-order valence-corrected chi connectivity index (χ4v) is 0.910. The molecule has 0 spiro atoms. The maximum Gasteiger partial charge on any atom is 0.314 e. The molecule has 0 aliphatic carbocycles. The van der Waals surface area contributed by atoms with E-state index in [1.165, 1.54) is 0 Å². The molecule has 1 fully saturated rings. The molecule has 0 unspecified atom stereocenters. The molecule has 6 nitrogen and oxygen atoms in total. The molecular formula is C5H9NO5S. The van der Waals surface area contributed by atoms with Gasteiger partial charge in [-0.05, 0) is 0 Å². The molecule has 0 radical (unpaired) electrons. The van der Waals surface area contributed by atoms with E-state index >= 15 is 0 Å². The number of esters is 1. The Morgan fingerprint density at radius 2 is 2.17 bits per heavy atom. The first-order valence-corrected chi connectivity index (χ1v) is 4.95. The van der Waals surface area contributed by atoms with Gasteiger partial charge in [0.2, 0.25) is 16.0 Å². The Bertz CT molecular complexity index is 268. The second-order valence-electron chi connectivity index (χ2n) is 2.48. The monoisotopic (exact) mass is 195 g/mol. The van der Waals surface area contributed by atoms with Crippen molar-refractivity contribution in [1.29, 1.82) is 0 Å². The zero-order valence-corrected chi connectivity index (χ0v) is 7.04. The molecule has 0 bridgehead atoms. The van der Waals surface area contributed by atoms with E-state index in [0.717, 1.165) is 0 Å². The third kappa shape index (κ3) is 2.76. The predicted molar refractivity (Wildman–Crippen MR) is 38.4 cm³/mol. The number of hydrogen-bond acceptors (Lipinski definition) is 5.